The maximum Gasteiger partial charge on any atom is 0.160 e. The van der Waals surface area contributed by atoms with Crippen molar-refractivity contribution in [3.05, 3.63) is 22.6 Å². The number of halogens is 2. The second-order valence-electron chi connectivity index (χ2n) is 5.01. The van der Waals surface area contributed by atoms with Crippen LogP contribution in [0.15, 0.2) is 16.7 Å². The Morgan fingerprint density at radius 1 is 1.47 bits per heavy atom. The lowest BCUT2D eigenvalue weighted by molar-refractivity contribution is 0.558. The molecule has 2 aromatic rings. The fraction of sp³-hybridized carbons (Fsp3) is 0.538. The molecule has 0 amide bonds. The number of pyridine rings is 1. The van der Waals surface area contributed by atoms with E-state index in [0.717, 1.165) is 34.4 Å². The number of nitrogens with zero attached hydrogens (tertiary/aromatic N) is 3. The third-order valence-corrected chi connectivity index (χ3v) is 4.90. The number of thioether (sulfide) groups is 1. The van der Waals surface area contributed by atoms with Crippen LogP contribution >= 0.6 is 39.3 Å². The molecule has 0 bridgehead atoms. The van der Waals surface area contributed by atoms with Gasteiger partial charge in [0, 0.05) is 34.3 Å². The van der Waals surface area contributed by atoms with Gasteiger partial charge in [-0.05, 0) is 42.1 Å². The standard InChI is InChI=1S/C13H17BrClN3S/c1-13(2,19-3)8-18-11(4-5-15)17-10-6-9(14)7-16-12(10)18/h6-7H,4-5,8H2,1-3H3. The number of rotatable bonds is 5. The van der Waals surface area contributed by atoms with Crippen molar-refractivity contribution >= 4 is 50.5 Å². The van der Waals surface area contributed by atoms with Gasteiger partial charge in [0.2, 0.25) is 0 Å². The third-order valence-electron chi connectivity index (χ3n) is 3.04. The number of hydrogen-bond acceptors (Lipinski definition) is 3. The largest absolute Gasteiger partial charge is 0.311 e. The lowest BCUT2D eigenvalue weighted by Gasteiger charge is -2.23. The summed E-state index contributed by atoms with van der Waals surface area (Å²) in [4.78, 5) is 9.16. The zero-order valence-corrected chi connectivity index (χ0v) is 14.4. The quantitative estimate of drug-likeness (QED) is 0.750. The molecule has 0 atom stereocenters. The van der Waals surface area contributed by atoms with Gasteiger partial charge in [-0.1, -0.05) is 0 Å². The topological polar surface area (TPSA) is 30.7 Å². The van der Waals surface area contributed by atoms with E-state index < -0.39 is 0 Å². The molecule has 0 saturated carbocycles. The van der Waals surface area contributed by atoms with E-state index in [-0.39, 0.29) is 4.75 Å². The minimum absolute atomic E-state index is 0.142. The molecule has 0 radical (unpaired) electrons. The van der Waals surface area contributed by atoms with Crippen LogP contribution in [-0.4, -0.2) is 31.4 Å². The lowest BCUT2D eigenvalue weighted by atomic mass is 10.2. The zero-order valence-electron chi connectivity index (χ0n) is 11.3. The molecular formula is C13H17BrClN3S. The number of aromatic nitrogens is 3. The summed E-state index contributed by atoms with van der Waals surface area (Å²) in [6.45, 7) is 5.34. The Bertz CT molecular complexity index is 583. The fourth-order valence-corrected chi connectivity index (χ4v) is 2.67. The normalized spacial score (nSPS) is 12.3. The van der Waals surface area contributed by atoms with E-state index in [9.17, 15) is 0 Å². The van der Waals surface area contributed by atoms with Crippen LogP contribution in [0, 0.1) is 0 Å². The molecule has 0 fully saturated rings. The van der Waals surface area contributed by atoms with E-state index in [0.29, 0.717) is 5.88 Å². The molecule has 19 heavy (non-hydrogen) atoms. The van der Waals surface area contributed by atoms with Crippen LogP contribution in [0.25, 0.3) is 11.2 Å². The maximum atomic E-state index is 5.88. The first kappa shape index (κ1) is 15.1. The molecule has 0 unspecified atom stereocenters. The molecule has 2 rings (SSSR count). The highest BCUT2D eigenvalue weighted by Gasteiger charge is 2.21. The molecule has 104 valence electrons. The maximum absolute atomic E-state index is 5.88. The van der Waals surface area contributed by atoms with Gasteiger partial charge in [-0.15, -0.1) is 11.6 Å². The van der Waals surface area contributed by atoms with Crippen LogP contribution in [0.2, 0.25) is 0 Å². The van der Waals surface area contributed by atoms with Crippen LogP contribution in [0.5, 0.6) is 0 Å². The Labute approximate surface area is 131 Å². The van der Waals surface area contributed by atoms with E-state index in [2.05, 4.69) is 50.6 Å². The number of hydrogen-bond donors (Lipinski definition) is 0. The Morgan fingerprint density at radius 2 is 2.21 bits per heavy atom. The number of fused-ring (bicyclic) bond motifs is 1. The summed E-state index contributed by atoms with van der Waals surface area (Å²) in [5.74, 6) is 1.59. The number of imidazole rings is 1. The Kier molecular flexibility index (Phi) is 4.79. The first-order chi connectivity index (χ1) is 8.96. The summed E-state index contributed by atoms with van der Waals surface area (Å²) < 4.78 is 3.29. The van der Waals surface area contributed by atoms with E-state index >= 15 is 0 Å². The van der Waals surface area contributed by atoms with Crippen molar-refractivity contribution in [1.29, 1.82) is 0 Å². The van der Waals surface area contributed by atoms with Gasteiger partial charge >= 0.3 is 0 Å². The first-order valence-electron chi connectivity index (χ1n) is 6.08. The van der Waals surface area contributed by atoms with E-state index in [1.165, 1.54) is 0 Å². The molecular weight excluding hydrogens is 346 g/mol. The Morgan fingerprint density at radius 3 is 2.84 bits per heavy atom. The van der Waals surface area contributed by atoms with Crippen LogP contribution in [-0.2, 0) is 13.0 Å². The summed E-state index contributed by atoms with van der Waals surface area (Å²) >= 11 is 11.2. The lowest BCUT2D eigenvalue weighted by Crippen LogP contribution is -2.24. The van der Waals surface area contributed by atoms with Gasteiger partial charge in [0.05, 0.1) is 0 Å². The minimum Gasteiger partial charge on any atom is -0.311 e. The average Bonchev–Trinajstić information content (AvgIpc) is 2.67. The van der Waals surface area contributed by atoms with Crippen molar-refractivity contribution in [3.63, 3.8) is 0 Å². The van der Waals surface area contributed by atoms with Crippen molar-refractivity contribution in [1.82, 2.24) is 14.5 Å². The number of aryl methyl sites for hydroxylation is 1. The van der Waals surface area contributed by atoms with Crippen LogP contribution < -0.4 is 0 Å². The number of alkyl halides is 1. The molecule has 6 heteroatoms. The molecule has 0 spiro atoms. The molecule has 0 aliphatic heterocycles. The van der Waals surface area contributed by atoms with Crippen LogP contribution in [0.4, 0.5) is 0 Å². The minimum atomic E-state index is 0.142. The van der Waals surface area contributed by atoms with Crippen molar-refractivity contribution in [2.75, 3.05) is 12.1 Å². The highest BCUT2D eigenvalue weighted by atomic mass is 79.9. The van der Waals surface area contributed by atoms with Gasteiger partial charge in [0.15, 0.2) is 5.65 Å². The summed E-state index contributed by atoms with van der Waals surface area (Å²) in [6.07, 6.45) is 4.71. The van der Waals surface area contributed by atoms with Crippen LogP contribution in [0.1, 0.15) is 19.7 Å². The molecule has 0 aliphatic rings. The smallest absolute Gasteiger partial charge is 0.160 e. The molecule has 3 nitrogen and oxygen atoms in total. The molecule has 0 N–H and O–H groups in total. The van der Waals surface area contributed by atoms with Gasteiger partial charge < -0.3 is 4.57 Å². The van der Waals surface area contributed by atoms with Crippen molar-refractivity contribution in [2.45, 2.75) is 31.6 Å². The monoisotopic (exact) mass is 361 g/mol. The summed E-state index contributed by atoms with van der Waals surface area (Å²) in [7, 11) is 0. The Balaban J connectivity index is 2.52. The van der Waals surface area contributed by atoms with Gasteiger partial charge in [-0.3, -0.25) is 0 Å². The third kappa shape index (κ3) is 3.44. The van der Waals surface area contributed by atoms with Crippen molar-refractivity contribution in [3.8, 4) is 0 Å². The van der Waals surface area contributed by atoms with Crippen LogP contribution in [0.3, 0.4) is 0 Å². The second kappa shape index (κ2) is 6.02. The van der Waals surface area contributed by atoms with Gasteiger partial charge in [-0.2, -0.15) is 11.8 Å². The molecule has 0 aliphatic carbocycles. The van der Waals surface area contributed by atoms with E-state index in [1.807, 2.05) is 24.0 Å². The molecule has 0 aromatic carbocycles. The second-order valence-corrected chi connectivity index (χ2v) is 7.82. The van der Waals surface area contributed by atoms with Crippen molar-refractivity contribution in [2.24, 2.45) is 0 Å². The van der Waals surface area contributed by atoms with E-state index in [1.54, 1.807) is 0 Å². The van der Waals surface area contributed by atoms with Gasteiger partial charge in [0.1, 0.15) is 11.3 Å². The van der Waals surface area contributed by atoms with Crippen molar-refractivity contribution < 1.29 is 0 Å². The highest BCUT2D eigenvalue weighted by molar-refractivity contribution is 9.10. The Hall–Kier alpha value is -0.260. The summed E-state index contributed by atoms with van der Waals surface area (Å²) in [6, 6.07) is 2.00. The fourth-order valence-electron chi connectivity index (χ4n) is 1.92. The average molecular weight is 363 g/mol. The highest BCUT2D eigenvalue weighted by Crippen LogP contribution is 2.27. The predicted octanol–water partition coefficient (Wildman–Crippen LogP) is 4.12. The SMILES string of the molecule is CSC(C)(C)Cn1c(CCCl)nc2cc(Br)cnc21. The van der Waals surface area contributed by atoms with E-state index in [4.69, 9.17) is 11.6 Å². The molecule has 0 saturated heterocycles. The predicted molar refractivity (Wildman–Crippen MR) is 87.2 cm³/mol. The first-order valence-corrected chi connectivity index (χ1v) is 8.64. The summed E-state index contributed by atoms with van der Waals surface area (Å²) in [5.41, 5.74) is 1.86. The van der Waals surface area contributed by atoms with Gasteiger partial charge in [-0.25, -0.2) is 9.97 Å². The summed E-state index contributed by atoms with van der Waals surface area (Å²) in [5, 5.41) is 0. The van der Waals surface area contributed by atoms with Gasteiger partial charge in [0.25, 0.3) is 0 Å². The zero-order chi connectivity index (χ0) is 14.0. The molecule has 2 aromatic heterocycles. The molecule has 2 heterocycles.